The summed E-state index contributed by atoms with van der Waals surface area (Å²) in [5, 5.41) is 3.70. The van der Waals surface area contributed by atoms with Gasteiger partial charge < -0.3 is 14.0 Å². The molecule has 1 N–H and O–H groups in total. The van der Waals surface area contributed by atoms with Crippen molar-refractivity contribution in [3.8, 4) is 5.75 Å². The molecule has 8 fully saturated rings. The summed E-state index contributed by atoms with van der Waals surface area (Å²) in [6.07, 6.45) is 12.0. The Kier molecular flexibility index (Phi) is 5.85. The Balaban J connectivity index is 0.849. The van der Waals surface area contributed by atoms with Gasteiger partial charge in [-0.25, -0.2) is 4.79 Å². The van der Waals surface area contributed by atoms with E-state index in [1.807, 2.05) is 4.90 Å². The zero-order valence-electron chi connectivity index (χ0n) is 25.5. The molecule has 3 heterocycles. The highest BCUT2D eigenvalue weighted by Gasteiger charge is 2.82. The van der Waals surface area contributed by atoms with E-state index in [-0.39, 0.29) is 34.4 Å². The van der Waals surface area contributed by atoms with Crippen LogP contribution in [0.1, 0.15) is 56.9 Å². The number of hydrogen-bond acceptors (Lipinski definition) is 7. The van der Waals surface area contributed by atoms with Crippen molar-refractivity contribution in [1.29, 1.82) is 0 Å². The molecule has 4 bridgehead atoms. The number of benzene rings is 2. The Morgan fingerprint density at radius 3 is 2.41 bits per heavy atom. The molecule has 2 spiro atoms. The molecule has 3 aromatic rings. The van der Waals surface area contributed by atoms with E-state index >= 15 is 0 Å². The van der Waals surface area contributed by atoms with Crippen LogP contribution in [0.2, 0.25) is 0 Å². The Morgan fingerprint density at radius 2 is 1.67 bits per heavy atom. The first-order chi connectivity index (χ1) is 22.1. The molecule has 6 aliphatic carbocycles. The van der Waals surface area contributed by atoms with Gasteiger partial charge in [0, 0.05) is 48.7 Å². The number of hydrogen-bond donors (Lipinski definition) is 1. The molecule has 6 saturated carbocycles. The molecule has 0 radical (unpaired) electrons. The van der Waals surface area contributed by atoms with E-state index in [0.717, 1.165) is 30.7 Å². The van der Waals surface area contributed by atoms with Crippen LogP contribution in [0.15, 0.2) is 65.8 Å². The van der Waals surface area contributed by atoms with Crippen molar-refractivity contribution in [2.24, 2.45) is 22.2 Å². The van der Waals surface area contributed by atoms with E-state index < -0.39 is 22.2 Å². The summed E-state index contributed by atoms with van der Waals surface area (Å²) in [7, 11) is -4.11. The van der Waals surface area contributed by atoms with Gasteiger partial charge in [0.25, 0.3) is 5.91 Å². The molecule has 4 amide bonds. The number of urea groups is 1. The first-order valence-electron chi connectivity index (χ1n) is 16.4. The summed E-state index contributed by atoms with van der Waals surface area (Å²) in [6.45, 7) is 1.21. The molecule has 11 heteroatoms. The lowest BCUT2D eigenvalue weighted by Crippen LogP contribution is -2.55. The fraction of sp³-hybridized carbons (Fsp3) is 0.486. The number of piperidine rings is 1. The van der Waals surface area contributed by atoms with E-state index in [1.165, 1.54) is 31.5 Å². The third-order valence-electron chi connectivity index (χ3n) is 12.4. The van der Waals surface area contributed by atoms with Crippen molar-refractivity contribution in [3.63, 3.8) is 0 Å². The number of nitrogens with zero attached hydrogens (tertiary/aromatic N) is 3. The number of nitrogens with one attached hydrogen (secondary N) is 1. The predicted molar refractivity (Wildman–Crippen MR) is 167 cm³/mol. The number of pyridine rings is 1. The van der Waals surface area contributed by atoms with Gasteiger partial charge in [-0.05, 0) is 97.9 Å². The normalized spacial score (nSPS) is 33.0. The van der Waals surface area contributed by atoms with E-state index in [0.29, 0.717) is 53.4 Å². The summed E-state index contributed by atoms with van der Waals surface area (Å²) in [5.41, 5.74) is 1.54. The van der Waals surface area contributed by atoms with Gasteiger partial charge in [-0.1, -0.05) is 24.3 Å². The van der Waals surface area contributed by atoms with Gasteiger partial charge in [-0.2, -0.15) is 8.42 Å². The maximum atomic E-state index is 13.8. The molecular formula is C35H36N4O6S. The second-order valence-corrected chi connectivity index (χ2v) is 16.3. The maximum Gasteiger partial charge on any atom is 0.339 e. The minimum Gasteiger partial charge on any atom is -0.379 e. The molecule has 2 aromatic carbocycles. The quantitative estimate of drug-likeness (QED) is 0.299. The Bertz CT molecular complexity index is 1900. The van der Waals surface area contributed by atoms with Crippen LogP contribution >= 0.6 is 0 Å². The number of likely N-dealkylation sites (tertiary alicyclic amines) is 1. The van der Waals surface area contributed by atoms with E-state index in [9.17, 15) is 22.8 Å². The number of rotatable bonds is 7. The number of carbonyl (C=O) groups is 3. The number of aromatic nitrogens is 1. The SMILES string of the molecule is O=C1NC(=O)N(C2CCN(C(=O)C34CC56CC(C5)CC6(C3)C4)CC2)C1Cc1ccc(OS(=O)(=O)c2cccc3cnccc23)cc1. The molecule has 10 nitrogen and oxygen atoms in total. The molecular weight excluding hydrogens is 604 g/mol. The standard InChI is InChI=1S/C35H36N4O6S/c40-30-28(14-22-4-6-26(7-5-22)45-46(43,44)29-3-1-2-24-18-36-11-8-27(24)29)39(32(42)37-30)25-9-12-38(13-10-25)31(41)33-19-34-15-23(16-34)17-35(34,20-33)21-33/h1-8,11,18,23,25,28H,9-10,12-17,19-21H2,(H,37,40,42). The largest absolute Gasteiger partial charge is 0.379 e. The van der Waals surface area contributed by atoms with E-state index in [2.05, 4.69) is 10.3 Å². The highest BCUT2D eigenvalue weighted by atomic mass is 32.2. The maximum absolute atomic E-state index is 13.8. The second-order valence-electron chi connectivity index (χ2n) is 14.8. The van der Waals surface area contributed by atoms with Crippen LogP contribution < -0.4 is 9.50 Å². The van der Waals surface area contributed by atoms with Gasteiger partial charge in [-0.15, -0.1) is 0 Å². The van der Waals surface area contributed by atoms with Crippen molar-refractivity contribution in [2.75, 3.05) is 13.1 Å². The van der Waals surface area contributed by atoms with Crippen LogP contribution in [0.3, 0.4) is 0 Å². The van der Waals surface area contributed by atoms with Crippen LogP contribution in [0.25, 0.3) is 10.8 Å². The first kappa shape index (κ1) is 28.3. The summed E-state index contributed by atoms with van der Waals surface area (Å²) in [6, 6.07) is 11.9. The van der Waals surface area contributed by atoms with E-state index in [4.69, 9.17) is 4.18 Å². The Morgan fingerprint density at radius 1 is 0.957 bits per heavy atom. The lowest BCUT2D eigenvalue weighted by Gasteiger charge is -2.49. The molecule has 1 unspecified atom stereocenters. The van der Waals surface area contributed by atoms with Gasteiger partial charge in [0.2, 0.25) is 5.91 Å². The molecule has 11 rings (SSSR count). The Labute approximate surface area is 267 Å². The van der Waals surface area contributed by atoms with Crippen molar-refractivity contribution >= 4 is 38.7 Å². The van der Waals surface area contributed by atoms with Crippen LogP contribution in [-0.2, 0) is 26.1 Å². The highest BCUT2D eigenvalue weighted by molar-refractivity contribution is 7.87. The second kappa shape index (κ2) is 9.53. The van der Waals surface area contributed by atoms with Gasteiger partial charge in [-0.3, -0.25) is 19.9 Å². The van der Waals surface area contributed by atoms with Crippen molar-refractivity contribution in [1.82, 2.24) is 20.1 Å². The lowest BCUT2D eigenvalue weighted by molar-refractivity contribution is -0.151. The molecule has 1 aromatic heterocycles. The van der Waals surface area contributed by atoms with Crippen molar-refractivity contribution < 1.29 is 27.0 Å². The molecule has 8 aliphatic rings. The van der Waals surface area contributed by atoms with Crippen molar-refractivity contribution in [3.05, 3.63) is 66.5 Å². The molecule has 2 aliphatic heterocycles. The molecule has 2 saturated heterocycles. The van der Waals surface area contributed by atoms with Crippen LogP contribution in [0.4, 0.5) is 4.79 Å². The molecule has 238 valence electrons. The predicted octanol–water partition coefficient (Wildman–Crippen LogP) is 4.43. The summed E-state index contributed by atoms with van der Waals surface area (Å²) >= 11 is 0. The fourth-order valence-electron chi connectivity index (χ4n) is 10.7. The minimum absolute atomic E-state index is 0.0549. The number of fused-ring (bicyclic) bond motifs is 1. The summed E-state index contributed by atoms with van der Waals surface area (Å²) in [5.74, 6) is 1.04. The third-order valence-corrected chi connectivity index (χ3v) is 13.7. The molecule has 46 heavy (non-hydrogen) atoms. The van der Waals surface area contributed by atoms with Gasteiger partial charge in [0.1, 0.15) is 16.7 Å². The summed E-state index contributed by atoms with van der Waals surface area (Å²) < 4.78 is 31.7. The van der Waals surface area contributed by atoms with Crippen LogP contribution in [-0.4, -0.2) is 66.2 Å². The zero-order valence-corrected chi connectivity index (χ0v) is 26.3. The fourth-order valence-corrected chi connectivity index (χ4v) is 11.8. The number of imide groups is 1. The van der Waals surface area contributed by atoms with Gasteiger partial charge >= 0.3 is 16.1 Å². The Hall–Kier alpha value is -3.99. The minimum atomic E-state index is -4.11. The first-order valence-corrected chi connectivity index (χ1v) is 17.8. The average molecular weight is 641 g/mol. The average Bonchev–Trinajstić information content (AvgIpc) is 3.74. The van der Waals surface area contributed by atoms with Gasteiger partial charge in [0.05, 0.1) is 5.41 Å². The van der Waals surface area contributed by atoms with Gasteiger partial charge in [0.15, 0.2) is 0 Å². The third kappa shape index (κ3) is 3.96. The number of amides is 4. The number of carbonyl (C=O) groups excluding carboxylic acids is 3. The van der Waals surface area contributed by atoms with Crippen LogP contribution in [0.5, 0.6) is 5.75 Å². The van der Waals surface area contributed by atoms with Crippen molar-refractivity contribution in [2.45, 2.75) is 74.8 Å². The van der Waals surface area contributed by atoms with Crippen LogP contribution in [0, 0.1) is 22.2 Å². The highest BCUT2D eigenvalue weighted by Crippen LogP contribution is 2.88. The summed E-state index contributed by atoms with van der Waals surface area (Å²) in [4.78, 5) is 47.5. The monoisotopic (exact) mass is 640 g/mol. The lowest BCUT2D eigenvalue weighted by atomic mass is 9.57. The smallest absolute Gasteiger partial charge is 0.339 e. The topological polar surface area (TPSA) is 126 Å². The zero-order chi connectivity index (χ0) is 31.5. The molecule has 1 atom stereocenters. The van der Waals surface area contributed by atoms with E-state index in [1.54, 1.807) is 53.6 Å².